The number of hydrogen-bond acceptors (Lipinski definition) is 3. The first kappa shape index (κ1) is 13.3. The molecule has 2 aromatic rings. The molecule has 1 heterocycles. The second-order valence-corrected chi connectivity index (χ2v) is 5.59. The van der Waals surface area contributed by atoms with Crippen LogP contribution in [0, 0.1) is 0 Å². The Hall–Kier alpha value is -1.16. The van der Waals surface area contributed by atoms with Gasteiger partial charge in [0.05, 0.1) is 0 Å². The first-order valence-electron chi connectivity index (χ1n) is 6.28. The van der Waals surface area contributed by atoms with Gasteiger partial charge in [0.15, 0.2) is 0 Å². The van der Waals surface area contributed by atoms with Crippen LogP contribution in [0.4, 0.5) is 0 Å². The molecule has 0 spiro atoms. The van der Waals surface area contributed by atoms with Gasteiger partial charge in [-0.3, -0.25) is 0 Å². The fourth-order valence-electron chi connectivity index (χ4n) is 1.80. The lowest BCUT2D eigenvalue weighted by Gasteiger charge is -2.10. The molecular weight excluding hydrogens is 242 g/mol. The number of aliphatic hydroxyl groups excluding tert-OH is 1. The van der Waals surface area contributed by atoms with E-state index >= 15 is 0 Å². The van der Waals surface area contributed by atoms with Crippen molar-refractivity contribution in [2.45, 2.75) is 25.9 Å². The van der Waals surface area contributed by atoms with E-state index in [0.717, 1.165) is 13.0 Å². The van der Waals surface area contributed by atoms with Gasteiger partial charge in [0.1, 0.15) is 0 Å². The molecule has 0 aliphatic rings. The van der Waals surface area contributed by atoms with Crippen LogP contribution >= 0.6 is 11.3 Å². The summed E-state index contributed by atoms with van der Waals surface area (Å²) in [5, 5.41) is 12.3. The molecule has 0 aliphatic carbocycles. The van der Waals surface area contributed by atoms with Crippen LogP contribution in [0.5, 0.6) is 0 Å². The van der Waals surface area contributed by atoms with E-state index in [1.165, 1.54) is 15.3 Å². The zero-order valence-electron chi connectivity index (χ0n) is 10.6. The summed E-state index contributed by atoms with van der Waals surface area (Å²) in [5.41, 5.74) is 1.28. The third kappa shape index (κ3) is 3.67. The van der Waals surface area contributed by atoms with Crippen molar-refractivity contribution in [2.24, 2.45) is 0 Å². The summed E-state index contributed by atoms with van der Waals surface area (Å²) < 4.78 is 0. The fraction of sp³-hybridized carbons (Fsp3) is 0.333. The Kier molecular flexibility index (Phi) is 4.93. The molecule has 1 aromatic heterocycles. The molecule has 3 heteroatoms. The second-order valence-electron chi connectivity index (χ2n) is 4.43. The van der Waals surface area contributed by atoms with Crippen molar-refractivity contribution in [3.8, 4) is 10.4 Å². The maximum absolute atomic E-state index is 8.85. The highest BCUT2D eigenvalue weighted by Crippen LogP contribution is 2.27. The van der Waals surface area contributed by atoms with Crippen LogP contribution in [-0.4, -0.2) is 17.8 Å². The molecule has 0 saturated carbocycles. The minimum absolute atomic E-state index is 0.244. The molecular formula is C15H19NOS. The molecule has 1 atom stereocenters. The average Bonchev–Trinajstić information content (AvgIpc) is 2.87. The Labute approximate surface area is 112 Å². The molecule has 1 aromatic carbocycles. The average molecular weight is 261 g/mol. The first-order chi connectivity index (χ1) is 8.79. The Balaban J connectivity index is 1.95. The third-order valence-corrected chi connectivity index (χ3v) is 4.04. The van der Waals surface area contributed by atoms with E-state index in [0.29, 0.717) is 6.04 Å². The van der Waals surface area contributed by atoms with Crippen molar-refractivity contribution < 1.29 is 5.11 Å². The van der Waals surface area contributed by atoms with Gasteiger partial charge in [-0.25, -0.2) is 0 Å². The summed E-state index contributed by atoms with van der Waals surface area (Å²) in [5.74, 6) is 0. The third-order valence-electron chi connectivity index (χ3n) is 2.91. The Morgan fingerprint density at radius 1 is 1.17 bits per heavy atom. The summed E-state index contributed by atoms with van der Waals surface area (Å²) in [7, 11) is 0. The van der Waals surface area contributed by atoms with Crippen molar-refractivity contribution in [3.63, 3.8) is 0 Å². The van der Waals surface area contributed by atoms with Gasteiger partial charge in [-0.2, -0.15) is 0 Å². The summed E-state index contributed by atoms with van der Waals surface area (Å²) >= 11 is 1.82. The highest BCUT2D eigenvalue weighted by Gasteiger charge is 2.04. The lowest BCUT2D eigenvalue weighted by atomic mass is 10.2. The summed E-state index contributed by atoms with van der Waals surface area (Å²) in [6.45, 7) is 3.22. The molecule has 0 aliphatic heterocycles. The molecule has 0 unspecified atom stereocenters. The molecule has 2 rings (SSSR count). The van der Waals surface area contributed by atoms with Crippen molar-refractivity contribution in [1.29, 1.82) is 0 Å². The van der Waals surface area contributed by atoms with Crippen LogP contribution in [0.15, 0.2) is 42.5 Å². The monoisotopic (exact) mass is 261 g/mol. The van der Waals surface area contributed by atoms with Gasteiger partial charge in [0.25, 0.3) is 0 Å². The standard InChI is InChI=1S/C15H19NOS/c1-12(9-10-17)16-11-14-7-8-15(18-14)13-5-3-2-4-6-13/h2-8,12,16-17H,9-11H2,1H3/t12-/m1/s1. The van der Waals surface area contributed by atoms with Gasteiger partial charge >= 0.3 is 0 Å². The largest absolute Gasteiger partial charge is 0.396 e. The van der Waals surface area contributed by atoms with Crippen LogP contribution in [0.3, 0.4) is 0 Å². The number of aliphatic hydroxyl groups is 1. The Morgan fingerprint density at radius 2 is 1.94 bits per heavy atom. The Bertz CT molecular complexity index is 466. The number of rotatable bonds is 6. The number of benzene rings is 1. The van der Waals surface area contributed by atoms with Crippen molar-refractivity contribution >= 4 is 11.3 Å². The maximum Gasteiger partial charge on any atom is 0.0445 e. The topological polar surface area (TPSA) is 32.3 Å². The normalized spacial score (nSPS) is 12.6. The number of hydrogen-bond donors (Lipinski definition) is 2. The fourth-order valence-corrected chi connectivity index (χ4v) is 2.77. The molecule has 0 bridgehead atoms. The molecule has 0 saturated heterocycles. The van der Waals surface area contributed by atoms with E-state index in [1.54, 1.807) is 0 Å². The summed E-state index contributed by atoms with van der Waals surface area (Å²) in [6.07, 6.45) is 0.802. The molecule has 18 heavy (non-hydrogen) atoms. The maximum atomic E-state index is 8.85. The van der Waals surface area contributed by atoms with Crippen LogP contribution in [0.2, 0.25) is 0 Å². The van der Waals surface area contributed by atoms with E-state index in [4.69, 9.17) is 5.11 Å². The van der Waals surface area contributed by atoms with Gasteiger partial charge in [-0.05, 0) is 31.0 Å². The van der Waals surface area contributed by atoms with Gasteiger partial charge in [0, 0.05) is 28.9 Å². The van der Waals surface area contributed by atoms with Crippen LogP contribution in [0.1, 0.15) is 18.2 Å². The van der Waals surface area contributed by atoms with Gasteiger partial charge in [0.2, 0.25) is 0 Å². The first-order valence-corrected chi connectivity index (χ1v) is 7.09. The van der Waals surface area contributed by atoms with Crippen molar-refractivity contribution in [2.75, 3.05) is 6.61 Å². The van der Waals surface area contributed by atoms with E-state index in [1.807, 2.05) is 17.4 Å². The predicted molar refractivity (Wildman–Crippen MR) is 77.8 cm³/mol. The zero-order valence-corrected chi connectivity index (χ0v) is 11.4. The second kappa shape index (κ2) is 6.69. The minimum atomic E-state index is 0.244. The lowest BCUT2D eigenvalue weighted by Crippen LogP contribution is -2.25. The molecule has 2 nitrogen and oxygen atoms in total. The predicted octanol–water partition coefficient (Wildman–Crippen LogP) is 3.28. The summed E-state index contributed by atoms with van der Waals surface area (Å²) in [4.78, 5) is 2.64. The van der Waals surface area contributed by atoms with E-state index in [2.05, 4.69) is 48.6 Å². The van der Waals surface area contributed by atoms with E-state index in [9.17, 15) is 0 Å². The molecule has 0 radical (unpaired) electrons. The molecule has 0 fully saturated rings. The lowest BCUT2D eigenvalue weighted by molar-refractivity contribution is 0.269. The summed E-state index contributed by atoms with van der Waals surface area (Å²) in [6, 6.07) is 15.1. The van der Waals surface area contributed by atoms with Gasteiger partial charge in [-0.15, -0.1) is 11.3 Å². The Morgan fingerprint density at radius 3 is 2.67 bits per heavy atom. The van der Waals surface area contributed by atoms with Gasteiger partial charge in [-0.1, -0.05) is 30.3 Å². The van der Waals surface area contributed by atoms with Crippen LogP contribution < -0.4 is 5.32 Å². The minimum Gasteiger partial charge on any atom is -0.396 e. The van der Waals surface area contributed by atoms with Crippen molar-refractivity contribution in [1.82, 2.24) is 5.32 Å². The molecule has 96 valence electrons. The van der Waals surface area contributed by atoms with Crippen LogP contribution in [-0.2, 0) is 6.54 Å². The zero-order chi connectivity index (χ0) is 12.8. The molecule has 0 amide bonds. The van der Waals surface area contributed by atoms with Gasteiger partial charge < -0.3 is 10.4 Å². The SMILES string of the molecule is C[C@H](CCO)NCc1ccc(-c2ccccc2)s1. The smallest absolute Gasteiger partial charge is 0.0445 e. The van der Waals surface area contributed by atoms with Crippen molar-refractivity contribution in [3.05, 3.63) is 47.3 Å². The highest BCUT2D eigenvalue weighted by atomic mass is 32.1. The number of nitrogens with one attached hydrogen (secondary N) is 1. The molecule has 2 N–H and O–H groups in total. The quantitative estimate of drug-likeness (QED) is 0.836. The van der Waals surface area contributed by atoms with E-state index in [-0.39, 0.29) is 6.61 Å². The number of thiophene rings is 1. The highest BCUT2D eigenvalue weighted by molar-refractivity contribution is 7.15. The van der Waals surface area contributed by atoms with E-state index < -0.39 is 0 Å². The van der Waals surface area contributed by atoms with Crippen LogP contribution in [0.25, 0.3) is 10.4 Å².